The van der Waals surface area contributed by atoms with E-state index >= 15 is 0 Å². The number of hydrogen-bond donors (Lipinski definition) is 1. The Hall–Kier alpha value is -2.22. The molecule has 3 aliphatic heterocycles. The fraction of sp³-hybridized carbons (Fsp3) is 0.706. The van der Waals surface area contributed by atoms with E-state index in [9.17, 15) is 19.2 Å². The molecule has 0 radical (unpaired) electrons. The van der Waals surface area contributed by atoms with E-state index in [1.807, 2.05) is 17.0 Å². The molecule has 0 spiro atoms. The van der Waals surface area contributed by atoms with Crippen molar-refractivity contribution < 1.29 is 19.2 Å². The van der Waals surface area contributed by atoms with Crippen molar-refractivity contribution in [1.29, 1.82) is 0 Å². The van der Waals surface area contributed by atoms with Crippen molar-refractivity contribution in [3.05, 3.63) is 34.9 Å². The summed E-state index contributed by atoms with van der Waals surface area (Å²) in [6.07, 6.45) is 20.1. The smallest absolute Gasteiger partial charge is 0.255 e. The van der Waals surface area contributed by atoms with Crippen LogP contribution in [0.4, 0.5) is 0 Å². The highest BCUT2D eigenvalue weighted by molar-refractivity contribution is 9.09. The van der Waals surface area contributed by atoms with E-state index in [1.165, 1.54) is 76.2 Å². The van der Waals surface area contributed by atoms with Crippen molar-refractivity contribution in [2.45, 2.75) is 134 Å². The van der Waals surface area contributed by atoms with E-state index in [2.05, 4.69) is 27.3 Å². The molecule has 1 atom stereocenters. The number of fused-ring (bicyclic) bond motifs is 1. The van der Waals surface area contributed by atoms with Gasteiger partial charge in [0.15, 0.2) is 0 Å². The monoisotopic (exact) mass is 643 g/mol. The summed E-state index contributed by atoms with van der Waals surface area (Å²) in [7, 11) is 0. The summed E-state index contributed by atoms with van der Waals surface area (Å²) >= 11 is 3.50. The fourth-order valence-corrected chi connectivity index (χ4v) is 7.18. The number of piperidine rings is 2. The number of amides is 4. The zero-order valence-corrected chi connectivity index (χ0v) is 26.9. The quantitative estimate of drug-likeness (QED) is 0.112. The van der Waals surface area contributed by atoms with Gasteiger partial charge in [-0.25, -0.2) is 0 Å². The number of imide groups is 1. The molecule has 4 rings (SSSR count). The molecule has 3 aliphatic rings. The third-order valence-electron chi connectivity index (χ3n) is 9.39. The molecule has 1 aromatic rings. The van der Waals surface area contributed by atoms with Crippen LogP contribution in [-0.2, 0) is 20.9 Å². The first-order valence-corrected chi connectivity index (χ1v) is 17.7. The zero-order valence-electron chi connectivity index (χ0n) is 25.3. The predicted molar refractivity (Wildman–Crippen MR) is 169 cm³/mol. The van der Waals surface area contributed by atoms with Crippen LogP contribution in [0.15, 0.2) is 18.2 Å². The summed E-state index contributed by atoms with van der Waals surface area (Å²) in [5.74, 6) is -0.111. The second kappa shape index (κ2) is 17.2. The van der Waals surface area contributed by atoms with Crippen LogP contribution in [0, 0.1) is 0 Å². The first kappa shape index (κ1) is 32.7. The summed E-state index contributed by atoms with van der Waals surface area (Å²) in [4.78, 5) is 53.3. The van der Waals surface area contributed by atoms with E-state index < -0.39 is 6.04 Å². The number of halogens is 1. The molecule has 1 N–H and O–H groups in total. The lowest BCUT2D eigenvalue weighted by Crippen LogP contribution is -2.52. The van der Waals surface area contributed by atoms with Crippen molar-refractivity contribution in [2.24, 2.45) is 0 Å². The van der Waals surface area contributed by atoms with Crippen molar-refractivity contribution in [3.8, 4) is 0 Å². The number of unbranched alkanes of at least 4 members (excludes halogenated alkanes) is 12. The maximum atomic E-state index is 13.0. The standard InChI is InChI=1S/C34H50BrN3O4/c35-21-13-11-9-7-5-3-1-2-4-6-8-10-12-14-32(40)37-22-19-26(20-23-37)27-15-16-29-28(24-27)25-38(34(29)42)30-17-18-31(39)36-33(30)41/h15-16,24,26,30H,1-14,17-23,25H2,(H,36,39,41). The maximum absolute atomic E-state index is 13.0. The van der Waals surface area contributed by atoms with Crippen molar-refractivity contribution in [1.82, 2.24) is 15.1 Å². The number of carbonyl (C=O) groups is 4. The Kier molecular flexibility index (Phi) is 13.4. The normalized spacial score (nSPS) is 19.4. The van der Waals surface area contributed by atoms with Crippen molar-refractivity contribution in [3.63, 3.8) is 0 Å². The van der Waals surface area contributed by atoms with Gasteiger partial charge in [0, 0.05) is 43.4 Å². The Morgan fingerprint density at radius 3 is 2.00 bits per heavy atom. The minimum absolute atomic E-state index is 0.131. The Morgan fingerprint density at radius 2 is 1.40 bits per heavy atom. The Balaban J connectivity index is 1.08. The Morgan fingerprint density at radius 1 is 0.810 bits per heavy atom. The second-order valence-electron chi connectivity index (χ2n) is 12.5. The summed E-state index contributed by atoms with van der Waals surface area (Å²) in [5.41, 5.74) is 2.82. The van der Waals surface area contributed by atoms with Gasteiger partial charge < -0.3 is 9.80 Å². The van der Waals surface area contributed by atoms with Gasteiger partial charge >= 0.3 is 0 Å². The fourth-order valence-electron chi connectivity index (χ4n) is 6.78. The number of carbonyl (C=O) groups excluding carboxylic acids is 4. The van der Waals surface area contributed by atoms with Crippen LogP contribution in [0.25, 0.3) is 0 Å². The average molecular weight is 645 g/mol. The van der Waals surface area contributed by atoms with Crippen LogP contribution in [-0.4, -0.2) is 57.9 Å². The third-order valence-corrected chi connectivity index (χ3v) is 9.95. The summed E-state index contributed by atoms with van der Waals surface area (Å²) in [5, 5.41) is 3.50. The molecule has 7 nitrogen and oxygen atoms in total. The Labute approximate surface area is 260 Å². The minimum Gasteiger partial charge on any atom is -0.343 e. The second-order valence-corrected chi connectivity index (χ2v) is 13.3. The van der Waals surface area contributed by atoms with Gasteiger partial charge in [0.2, 0.25) is 17.7 Å². The summed E-state index contributed by atoms with van der Waals surface area (Å²) in [6.45, 7) is 1.99. The van der Waals surface area contributed by atoms with Crippen molar-refractivity contribution >= 4 is 39.6 Å². The van der Waals surface area contributed by atoms with E-state index in [1.54, 1.807) is 4.90 Å². The van der Waals surface area contributed by atoms with E-state index in [0.717, 1.165) is 49.7 Å². The lowest BCUT2D eigenvalue weighted by Gasteiger charge is -2.32. The van der Waals surface area contributed by atoms with Crippen LogP contribution in [0.3, 0.4) is 0 Å². The van der Waals surface area contributed by atoms with Gasteiger partial charge in [-0.05, 0) is 55.2 Å². The van der Waals surface area contributed by atoms with Crippen LogP contribution in [0.1, 0.15) is 143 Å². The number of nitrogens with zero attached hydrogens (tertiary/aromatic N) is 2. The molecule has 1 aromatic carbocycles. The number of likely N-dealkylation sites (tertiary alicyclic amines) is 1. The highest BCUT2D eigenvalue weighted by Crippen LogP contribution is 2.34. The van der Waals surface area contributed by atoms with Gasteiger partial charge in [-0.15, -0.1) is 0 Å². The highest BCUT2D eigenvalue weighted by Gasteiger charge is 2.39. The lowest BCUT2D eigenvalue weighted by molar-refractivity contribution is -0.137. The minimum atomic E-state index is -0.584. The molecule has 2 fully saturated rings. The maximum Gasteiger partial charge on any atom is 0.255 e. The molecule has 0 bridgehead atoms. The lowest BCUT2D eigenvalue weighted by atomic mass is 9.87. The molecular weight excluding hydrogens is 594 g/mol. The molecule has 0 aliphatic carbocycles. The topological polar surface area (TPSA) is 86.8 Å². The van der Waals surface area contributed by atoms with Gasteiger partial charge in [-0.2, -0.15) is 0 Å². The van der Waals surface area contributed by atoms with Gasteiger partial charge in [0.05, 0.1) is 0 Å². The molecule has 8 heteroatoms. The largest absolute Gasteiger partial charge is 0.343 e. The van der Waals surface area contributed by atoms with E-state index in [4.69, 9.17) is 0 Å². The number of hydrogen-bond acceptors (Lipinski definition) is 4. The average Bonchev–Trinajstić information content (AvgIpc) is 3.32. The number of alkyl halides is 1. The van der Waals surface area contributed by atoms with Crippen LogP contribution < -0.4 is 5.32 Å². The highest BCUT2D eigenvalue weighted by atomic mass is 79.9. The van der Waals surface area contributed by atoms with E-state index in [-0.39, 0.29) is 24.1 Å². The van der Waals surface area contributed by atoms with Crippen LogP contribution >= 0.6 is 15.9 Å². The number of nitrogens with one attached hydrogen (secondary N) is 1. The van der Waals surface area contributed by atoms with Crippen molar-refractivity contribution in [2.75, 3.05) is 18.4 Å². The van der Waals surface area contributed by atoms with Gasteiger partial charge in [-0.3, -0.25) is 24.5 Å². The third kappa shape index (κ3) is 9.39. The molecular formula is C34H50BrN3O4. The first-order chi connectivity index (χ1) is 20.5. The van der Waals surface area contributed by atoms with Gasteiger partial charge in [-0.1, -0.05) is 98.7 Å². The molecule has 0 aromatic heterocycles. The number of benzene rings is 1. The SMILES string of the molecule is O=C1CCC(N2Cc3cc(C4CCN(C(=O)CCCCCCCCCCCCCCCBr)CC4)ccc3C2=O)C(=O)N1. The van der Waals surface area contributed by atoms with Crippen LogP contribution in [0.5, 0.6) is 0 Å². The molecule has 232 valence electrons. The summed E-state index contributed by atoms with van der Waals surface area (Å²) in [6, 6.07) is 5.47. The molecule has 0 saturated carbocycles. The molecule has 3 heterocycles. The molecule has 1 unspecified atom stereocenters. The van der Waals surface area contributed by atoms with Crippen LogP contribution in [0.2, 0.25) is 0 Å². The first-order valence-electron chi connectivity index (χ1n) is 16.6. The molecule has 2 saturated heterocycles. The number of rotatable bonds is 17. The van der Waals surface area contributed by atoms with Gasteiger partial charge in [0.25, 0.3) is 5.91 Å². The predicted octanol–water partition coefficient (Wildman–Crippen LogP) is 7.01. The molecule has 4 amide bonds. The van der Waals surface area contributed by atoms with Gasteiger partial charge in [0.1, 0.15) is 6.04 Å². The Bertz CT molecular complexity index is 1070. The zero-order chi connectivity index (χ0) is 29.7. The van der Waals surface area contributed by atoms with E-state index in [0.29, 0.717) is 36.8 Å². The summed E-state index contributed by atoms with van der Waals surface area (Å²) < 4.78 is 0. The molecule has 42 heavy (non-hydrogen) atoms.